The largest absolute Gasteiger partial charge is 0.376 e. The third-order valence-corrected chi connectivity index (χ3v) is 6.59. The van der Waals surface area contributed by atoms with Crippen molar-refractivity contribution in [3.63, 3.8) is 0 Å². The molecule has 32 heavy (non-hydrogen) atoms. The lowest BCUT2D eigenvalue weighted by atomic mass is 10.1. The van der Waals surface area contributed by atoms with Crippen LogP contribution in [0.15, 0.2) is 53.8 Å². The van der Waals surface area contributed by atoms with Crippen LogP contribution in [0.25, 0.3) is 22.3 Å². The van der Waals surface area contributed by atoms with Gasteiger partial charge in [-0.3, -0.25) is 14.7 Å². The second-order valence-corrected chi connectivity index (χ2v) is 8.53. The summed E-state index contributed by atoms with van der Waals surface area (Å²) in [4.78, 5) is 14.0. The minimum atomic E-state index is -0.603. The lowest BCUT2D eigenvalue weighted by Crippen LogP contribution is -2.16. The minimum absolute atomic E-state index is 0.0390. The predicted molar refractivity (Wildman–Crippen MR) is 119 cm³/mol. The van der Waals surface area contributed by atoms with E-state index in [2.05, 4.69) is 15.2 Å². The highest BCUT2D eigenvalue weighted by atomic mass is 32.2. The Morgan fingerprint density at radius 2 is 2.12 bits per heavy atom. The molecule has 164 valence electrons. The minimum Gasteiger partial charge on any atom is -0.376 e. The molecule has 0 radical (unpaired) electrons. The van der Waals surface area contributed by atoms with Crippen molar-refractivity contribution in [3.8, 4) is 11.4 Å². The van der Waals surface area contributed by atoms with E-state index in [1.54, 1.807) is 0 Å². The molecular weight excluding hydrogens is 433 g/mol. The van der Waals surface area contributed by atoms with Gasteiger partial charge in [-0.15, -0.1) is 10.2 Å². The number of halogens is 1. The van der Waals surface area contributed by atoms with Crippen LogP contribution in [0.5, 0.6) is 0 Å². The maximum absolute atomic E-state index is 14.4. The molecule has 1 fully saturated rings. The van der Waals surface area contributed by atoms with Crippen molar-refractivity contribution in [2.24, 2.45) is 0 Å². The smallest absolute Gasteiger partial charge is 0.276 e. The number of H-pyrrole nitrogens is 1. The first kappa shape index (κ1) is 20.7. The number of aromatic nitrogens is 4. The molecule has 8 nitrogen and oxygen atoms in total. The van der Waals surface area contributed by atoms with Crippen LogP contribution in [-0.2, 0) is 17.0 Å². The van der Waals surface area contributed by atoms with Gasteiger partial charge in [0, 0.05) is 41.1 Å². The lowest BCUT2D eigenvalue weighted by molar-refractivity contribution is -0.385. The Labute approximate surface area is 187 Å². The Balaban J connectivity index is 1.51. The molecule has 3 heterocycles. The van der Waals surface area contributed by atoms with E-state index in [0.717, 1.165) is 35.9 Å². The van der Waals surface area contributed by atoms with Crippen molar-refractivity contribution in [1.29, 1.82) is 0 Å². The van der Waals surface area contributed by atoms with Crippen LogP contribution in [-0.4, -0.2) is 37.4 Å². The normalized spacial score (nSPS) is 16.1. The van der Waals surface area contributed by atoms with Crippen molar-refractivity contribution < 1.29 is 14.1 Å². The number of benzene rings is 2. The highest BCUT2D eigenvalue weighted by Gasteiger charge is 2.24. The molecule has 4 aromatic rings. The van der Waals surface area contributed by atoms with Crippen LogP contribution in [0.2, 0.25) is 0 Å². The van der Waals surface area contributed by atoms with E-state index >= 15 is 0 Å². The van der Waals surface area contributed by atoms with Crippen LogP contribution < -0.4 is 0 Å². The molecule has 10 heteroatoms. The fourth-order valence-electron chi connectivity index (χ4n) is 4.01. The number of rotatable bonds is 7. The number of thioether (sulfide) groups is 1. The number of nitrogens with one attached hydrogen (secondary N) is 1. The molecular formula is C22H20FN5O3S. The number of hydrogen-bond donors (Lipinski definition) is 1. The van der Waals surface area contributed by atoms with Crippen molar-refractivity contribution in [3.05, 3.63) is 70.2 Å². The number of ether oxygens (including phenoxy) is 1. The van der Waals surface area contributed by atoms with Gasteiger partial charge in [0.1, 0.15) is 5.82 Å². The fraction of sp³-hybridized carbons (Fsp3) is 0.273. The molecule has 0 bridgehead atoms. The van der Waals surface area contributed by atoms with Crippen molar-refractivity contribution >= 4 is 28.4 Å². The average Bonchev–Trinajstić information content (AvgIpc) is 3.53. The first-order valence-electron chi connectivity index (χ1n) is 10.3. The van der Waals surface area contributed by atoms with E-state index in [0.29, 0.717) is 17.5 Å². The second kappa shape index (κ2) is 8.71. The summed E-state index contributed by atoms with van der Waals surface area (Å²) >= 11 is 1.23. The summed E-state index contributed by atoms with van der Waals surface area (Å²) in [6, 6.07) is 11.8. The molecule has 1 aliphatic rings. The van der Waals surface area contributed by atoms with Crippen LogP contribution in [0.3, 0.4) is 0 Å². The Kier molecular flexibility index (Phi) is 5.62. The Bertz CT molecular complexity index is 1280. The second-order valence-electron chi connectivity index (χ2n) is 7.58. The van der Waals surface area contributed by atoms with Crippen LogP contribution in [0, 0.1) is 15.9 Å². The molecule has 5 rings (SSSR count). The first-order valence-corrected chi connectivity index (χ1v) is 11.3. The average molecular weight is 453 g/mol. The van der Waals surface area contributed by atoms with E-state index in [4.69, 9.17) is 4.74 Å². The maximum Gasteiger partial charge on any atom is 0.276 e. The van der Waals surface area contributed by atoms with Crippen LogP contribution in [0.1, 0.15) is 18.4 Å². The van der Waals surface area contributed by atoms with Gasteiger partial charge in [-0.2, -0.15) is 0 Å². The van der Waals surface area contributed by atoms with Gasteiger partial charge in [-0.1, -0.05) is 36.0 Å². The van der Waals surface area contributed by atoms with Crippen molar-refractivity contribution in [2.75, 3.05) is 6.61 Å². The summed E-state index contributed by atoms with van der Waals surface area (Å²) in [5, 5.41) is 21.7. The number of para-hydroxylation sites is 1. The van der Waals surface area contributed by atoms with Gasteiger partial charge < -0.3 is 9.72 Å². The first-order chi connectivity index (χ1) is 15.6. The topological polar surface area (TPSA) is 98.9 Å². The van der Waals surface area contributed by atoms with Gasteiger partial charge in [0.05, 0.1) is 23.1 Å². The summed E-state index contributed by atoms with van der Waals surface area (Å²) in [5.74, 6) is 0.151. The van der Waals surface area contributed by atoms with Gasteiger partial charge in [0.25, 0.3) is 5.69 Å². The number of aromatic amines is 1. The molecule has 1 N–H and O–H groups in total. The highest BCUT2D eigenvalue weighted by Crippen LogP contribution is 2.34. The molecule has 0 amide bonds. The lowest BCUT2D eigenvalue weighted by Gasteiger charge is -2.14. The van der Waals surface area contributed by atoms with Crippen LogP contribution in [0.4, 0.5) is 10.1 Å². The molecule has 1 aliphatic heterocycles. The Morgan fingerprint density at radius 1 is 1.25 bits per heavy atom. The van der Waals surface area contributed by atoms with Gasteiger partial charge in [-0.05, 0) is 25.0 Å². The number of nitro groups is 1. The predicted octanol–water partition coefficient (Wildman–Crippen LogP) is 4.95. The molecule has 0 aliphatic carbocycles. The molecule has 0 saturated carbocycles. The van der Waals surface area contributed by atoms with E-state index in [9.17, 15) is 14.5 Å². The summed E-state index contributed by atoms with van der Waals surface area (Å²) in [7, 11) is 0. The van der Waals surface area contributed by atoms with Gasteiger partial charge in [0.2, 0.25) is 0 Å². The molecule has 1 unspecified atom stereocenters. The third-order valence-electron chi connectivity index (χ3n) is 5.59. The highest BCUT2D eigenvalue weighted by molar-refractivity contribution is 7.98. The zero-order valence-electron chi connectivity index (χ0n) is 17.0. The van der Waals surface area contributed by atoms with E-state index in [1.165, 1.54) is 30.0 Å². The maximum atomic E-state index is 14.4. The summed E-state index contributed by atoms with van der Waals surface area (Å²) in [6.45, 7) is 1.28. The third kappa shape index (κ3) is 3.87. The van der Waals surface area contributed by atoms with Crippen molar-refractivity contribution in [2.45, 2.75) is 36.4 Å². The number of nitrogens with zero attached hydrogens (tertiary/aromatic N) is 4. The van der Waals surface area contributed by atoms with E-state index in [1.807, 2.05) is 35.0 Å². The molecule has 0 spiro atoms. The summed E-state index contributed by atoms with van der Waals surface area (Å²) in [6.07, 6.45) is 3.88. The van der Waals surface area contributed by atoms with Gasteiger partial charge >= 0.3 is 0 Å². The monoisotopic (exact) mass is 453 g/mol. The Morgan fingerprint density at radius 3 is 2.94 bits per heavy atom. The van der Waals surface area contributed by atoms with Crippen LogP contribution >= 0.6 is 11.8 Å². The standard InChI is InChI=1S/C22H20FN5O3S/c23-18-7-3-9-20(28(29)30)17(18)13-32-22-26-25-21(27(22)12-14-5-4-10-31-14)16-11-24-19-8-2-1-6-15(16)19/h1-3,6-9,11,14,24H,4-5,10,12-13H2. The number of hydrogen-bond acceptors (Lipinski definition) is 6. The van der Waals surface area contributed by atoms with Gasteiger partial charge in [0.15, 0.2) is 11.0 Å². The SMILES string of the molecule is O=[N+]([O-])c1cccc(F)c1CSc1nnc(-c2c[nH]c3ccccc23)n1CC1CCCO1. The van der Waals surface area contributed by atoms with E-state index < -0.39 is 10.7 Å². The van der Waals surface area contributed by atoms with Crippen molar-refractivity contribution in [1.82, 2.24) is 19.7 Å². The summed E-state index contributed by atoms with van der Waals surface area (Å²) in [5.41, 5.74) is 1.71. The summed E-state index contributed by atoms with van der Waals surface area (Å²) < 4.78 is 22.2. The molecule has 1 saturated heterocycles. The number of nitro benzene ring substituents is 1. The van der Waals surface area contributed by atoms with E-state index in [-0.39, 0.29) is 23.1 Å². The van der Waals surface area contributed by atoms with Gasteiger partial charge in [-0.25, -0.2) is 4.39 Å². The zero-order valence-corrected chi connectivity index (χ0v) is 17.8. The molecule has 2 aromatic heterocycles. The zero-order chi connectivity index (χ0) is 22.1. The quantitative estimate of drug-likeness (QED) is 0.242. The molecule has 1 atom stereocenters. The number of fused-ring (bicyclic) bond motifs is 1. The molecule has 2 aromatic carbocycles. The fourth-order valence-corrected chi connectivity index (χ4v) is 4.98. The Hall–Kier alpha value is -3.24.